The summed E-state index contributed by atoms with van der Waals surface area (Å²) >= 11 is 1.36. The van der Waals surface area contributed by atoms with Gasteiger partial charge in [0.15, 0.2) is 0 Å². The molecule has 0 saturated heterocycles. The van der Waals surface area contributed by atoms with Crippen molar-refractivity contribution in [2.24, 2.45) is 0 Å². The number of amides is 1. The third-order valence-corrected chi connectivity index (χ3v) is 6.08. The van der Waals surface area contributed by atoms with E-state index in [1.807, 2.05) is 26.0 Å². The molecule has 2 heterocycles. The Morgan fingerprint density at radius 2 is 2.19 bits per heavy atom. The lowest BCUT2D eigenvalue weighted by Gasteiger charge is -2.15. The van der Waals surface area contributed by atoms with Gasteiger partial charge in [0.2, 0.25) is 0 Å². The number of aliphatic hydroxyl groups excluding tert-OH is 1. The van der Waals surface area contributed by atoms with Crippen molar-refractivity contribution in [2.75, 3.05) is 0 Å². The maximum atomic E-state index is 12.5. The predicted molar refractivity (Wildman–Crippen MR) is 107 cm³/mol. The number of hydrogen-bond acceptors (Lipinski definition) is 6. The summed E-state index contributed by atoms with van der Waals surface area (Å²) in [5, 5.41) is 17.8. The smallest absolute Gasteiger partial charge is 0.263 e. The molecule has 0 aliphatic heterocycles. The van der Waals surface area contributed by atoms with Crippen LogP contribution in [0, 0.1) is 13.8 Å². The summed E-state index contributed by atoms with van der Waals surface area (Å²) in [6, 6.07) is -0.154. The summed E-state index contributed by atoms with van der Waals surface area (Å²) in [4.78, 5) is 17.6. The number of hydrogen-bond donors (Lipinski definition) is 2. The minimum atomic E-state index is -0.445. The van der Waals surface area contributed by atoms with Gasteiger partial charge in [0.1, 0.15) is 15.6 Å². The first-order valence-electron chi connectivity index (χ1n) is 9.59. The number of unbranched alkanes of at least 4 members (excludes halogenated alkanes) is 1. The van der Waals surface area contributed by atoms with Crippen LogP contribution in [0.3, 0.4) is 0 Å². The fraction of sp³-hybridized carbons (Fsp3) is 0.550. The first-order chi connectivity index (χ1) is 13.0. The Hall–Kier alpha value is -1.99. The maximum Gasteiger partial charge on any atom is 0.263 e. The SMILES string of the molecule is CCCCc1noc(C)c1C=Cc1nc(C)c(C(=O)NC2CCCC2O)s1. The predicted octanol–water partition coefficient (Wildman–Crippen LogP) is 3.90. The monoisotopic (exact) mass is 389 g/mol. The number of aryl methyl sites for hydroxylation is 3. The Morgan fingerprint density at radius 1 is 1.37 bits per heavy atom. The zero-order chi connectivity index (χ0) is 19.4. The first-order valence-corrected chi connectivity index (χ1v) is 10.4. The van der Waals surface area contributed by atoms with Gasteiger partial charge in [-0.1, -0.05) is 18.5 Å². The number of thiazole rings is 1. The first kappa shape index (κ1) is 19.8. The van der Waals surface area contributed by atoms with E-state index in [1.54, 1.807) is 0 Å². The summed E-state index contributed by atoms with van der Waals surface area (Å²) in [7, 11) is 0. The van der Waals surface area contributed by atoms with E-state index in [0.29, 0.717) is 10.6 Å². The maximum absolute atomic E-state index is 12.5. The van der Waals surface area contributed by atoms with Crippen LogP contribution in [0.25, 0.3) is 12.2 Å². The molecule has 27 heavy (non-hydrogen) atoms. The van der Waals surface area contributed by atoms with E-state index in [0.717, 1.165) is 60.6 Å². The van der Waals surface area contributed by atoms with E-state index in [-0.39, 0.29) is 11.9 Å². The molecule has 7 heteroatoms. The number of rotatable bonds is 7. The zero-order valence-corrected chi connectivity index (χ0v) is 16.9. The number of aliphatic hydroxyl groups is 1. The second-order valence-electron chi connectivity index (χ2n) is 7.08. The van der Waals surface area contributed by atoms with Crippen LogP contribution in [-0.4, -0.2) is 33.3 Å². The molecule has 1 fully saturated rings. The number of carbonyl (C=O) groups excluding carboxylic acids is 1. The number of aromatic nitrogens is 2. The molecule has 2 unspecified atom stereocenters. The molecular formula is C20H27N3O3S. The van der Waals surface area contributed by atoms with Crippen LogP contribution >= 0.6 is 11.3 Å². The number of carbonyl (C=O) groups is 1. The van der Waals surface area contributed by atoms with Crippen LogP contribution in [0.2, 0.25) is 0 Å². The van der Waals surface area contributed by atoms with Gasteiger partial charge in [-0.3, -0.25) is 4.79 Å². The molecule has 146 valence electrons. The molecule has 0 spiro atoms. The second-order valence-corrected chi connectivity index (χ2v) is 8.11. The minimum absolute atomic E-state index is 0.152. The molecule has 2 aromatic rings. The van der Waals surface area contributed by atoms with E-state index < -0.39 is 6.10 Å². The Morgan fingerprint density at radius 3 is 2.89 bits per heavy atom. The number of nitrogens with one attached hydrogen (secondary N) is 1. The molecule has 2 aromatic heterocycles. The lowest BCUT2D eigenvalue weighted by Crippen LogP contribution is -2.39. The van der Waals surface area contributed by atoms with Gasteiger partial charge in [0.05, 0.1) is 23.5 Å². The van der Waals surface area contributed by atoms with Crippen molar-refractivity contribution in [1.29, 1.82) is 0 Å². The highest BCUT2D eigenvalue weighted by Crippen LogP contribution is 2.24. The number of nitrogens with zero attached hydrogens (tertiary/aromatic N) is 2. The van der Waals surface area contributed by atoms with Gasteiger partial charge in [-0.15, -0.1) is 11.3 Å². The van der Waals surface area contributed by atoms with Gasteiger partial charge in [-0.05, 0) is 58.1 Å². The molecule has 6 nitrogen and oxygen atoms in total. The van der Waals surface area contributed by atoms with Crippen molar-refractivity contribution in [1.82, 2.24) is 15.5 Å². The summed E-state index contributed by atoms with van der Waals surface area (Å²) in [6.07, 6.45) is 9.02. The van der Waals surface area contributed by atoms with E-state index >= 15 is 0 Å². The molecule has 1 aliphatic carbocycles. The Kier molecular flexibility index (Phi) is 6.44. The van der Waals surface area contributed by atoms with Gasteiger partial charge in [0.25, 0.3) is 5.91 Å². The van der Waals surface area contributed by atoms with Crippen molar-refractivity contribution >= 4 is 29.4 Å². The fourth-order valence-electron chi connectivity index (χ4n) is 3.36. The average molecular weight is 390 g/mol. The molecule has 1 amide bonds. The quantitative estimate of drug-likeness (QED) is 0.750. The Labute approximate surface area is 163 Å². The highest BCUT2D eigenvalue weighted by molar-refractivity contribution is 7.14. The third kappa shape index (κ3) is 4.65. The minimum Gasteiger partial charge on any atom is -0.391 e. The summed E-state index contributed by atoms with van der Waals surface area (Å²) in [6.45, 7) is 5.89. The lowest BCUT2D eigenvalue weighted by molar-refractivity contribution is 0.0876. The Balaban J connectivity index is 1.72. The van der Waals surface area contributed by atoms with Crippen LogP contribution < -0.4 is 5.32 Å². The Bertz CT molecular complexity index is 825. The summed E-state index contributed by atoms with van der Waals surface area (Å²) in [5.41, 5.74) is 2.67. The standard InChI is InChI=1S/C20H27N3O3S/c1-4-5-7-15-14(13(3)26-23-15)10-11-18-21-12(2)19(27-18)20(25)22-16-8-6-9-17(16)24/h10-11,16-17,24H,4-9H2,1-3H3,(H,22,25). The van der Waals surface area contributed by atoms with Crippen molar-refractivity contribution in [3.63, 3.8) is 0 Å². The third-order valence-electron chi connectivity index (χ3n) is 4.96. The topological polar surface area (TPSA) is 88.2 Å². The van der Waals surface area contributed by atoms with Crippen LogP contribution in [0.15, 0.2) is 4.52 Å². The second kappa shape index (κ2) is 8.80. The largest absolute Gasteiger partial charge is 0.391 e. The van der Waals surface area contributed by atoms with Crippen LogP contribution in [-0.2, 0) is 6.42 Å². The molecule has 0 bridgehead atoms. The molecule has 1 saturated carbocycles. The van der Waals surface area contributed by atoms with E-state index in [2.05, 4.69) is 22.4 Å². The molecule has 0 aromatic carbocycles. The van der Waals surface area contributed by atoms with Crippen molar-refractivity contribution in [2.45, 2.75) is 71.4 Å². The molecule has 1 aliphatic rings. The van der Waals surface area contributed by atoms with Crippen LogP contribution in [0.1, 0.15) is 76.4 Å². The van der Waals surface area contributed by atoms with Gasteiger partial charge < -0.3 is 14.9 Å². The molecular weight excluding hydrogens is 362 g/mol. The molecule has 2 atom stereocenters. The van der Waals surface area contributed by atoms with E-state index in [4.69, 9.17) is 4.52 Å². The highest BCUT2D eigenvalue weighted by atomic mass is 32.1. The zero-order valence-electron chi connectivity index (χ0n) is 16.1. The van der Waals surface area contributed by atoms with E-state index in [1.165, 1.54) is 11.3 Å². The van der Waals surface area contributed by atoms with Crippen LogP contribution in [0.4, 0.5) is 0 Å². The van der Waals surface area contributed by atoms with Gasteiger partial charge in [0, 0.05) is 5.56 Å². The highest BCUT2D eigenvalue weighted by Gasteiger charge is 2.28. The molecule has 2 N–H and O–H groups in total. The summed E-state index contributed by atoms with van der Waals surface area (Å²) in [5.74, 6) is 0.638. The van der Waals surface area contributed by atoms with Crippen molar-refractivity contribution in [3.05, 3.63) is 32.6 Å². The molecule has 3 rings (SSSR count). The lowest BCUT2D eigenvalue weighted by atomic mass is 10.1. The molecule has 0 radical (unpaired) electrons. The van der Waals surface area contributed by atoms with Gasteiger partial charge >= 0.3 is 0 Å². The van der Waals surface area contributed by atoms with Crippen LogP contribution in [0.5, 0.6) is 0 Å². The summed E-state index contributed by atoms with van der Waals surface area (Å²) < 4.78 is 5.33. The van der Waals surface area contributed by atoms with E-state index in [9.17, 15) is 9.90 Å². The van der Waals surface area contributed by atoms with Crippen molar-refractivity contribution < 1.29 is 14.4 Å². The fourth-order valence-corrected chi connectivity index (χ4v) is 4.23. The normalized spacial score (nSPS) is 19.9. The average Bonchev–Trinajstić information content (AvgIpc) is 3.31. The van der Waals surface area contributed by atoms with Gasteiger partial charge in [-0.2, -0.15) is 0 Å². The van der Waals surface area contributed by atoms with Crippen molar-refractivity contribution in [3.8, 4) is 0 Å². The van der Waals surface area contributed by atoms with Gasteiger partial charge in [-0.25, -0.2) is 4.98 Å².